The van der Waals surface area contributed by atoms with Gasteiger partial charge in [0.2, 0.25) is 0 Å². The van der Waals surface area contributed by atoms with Gasteiger partial charge in [-0.1, -0.05) is 11.6 Å². The highest BCUT2D eigenvalue weighted by atomic mass is 35.5. The molecule has 0 spiro atoms. The molecule has 0 aromatic carbocycles. The molecule has 0 aliphatic carbocycles. The number of sulfone groups is 1. The maximum atomic E-state index is 11.6. The minimum atomic E-state index is -3.06. The van der Waals surface area contributed by atoms with Crippen LogP contribution in [0.2, 0.25) is 5.15 Å². The third-order valence-electron chi connectivity index (χ3n) is 3.64. The van der Waals surface area contributed by atoms with Crippen molar-refractivity contribution in [3.05, 3.63) is 22.5 Å². The summed E-state index contributed by atoms with van der Waals surface area (Å²) in [6.45, 7) is 1.34. The quantitative estimate of drug-likeness (QED) is 0.593. The number of esters is 1. The summed E-state index contributed by atoms with van der Waals surface area (Å²) in [6, 6.07) is -0.302. The van der Waals surface area contributed by atoms with Crippen LogP contribution in [0.15, 0.2) is 6.08 Å². The standard InChI is InChI=1S/C14H18ClN3O5S/c1-9-11(3-4-13(20)23-7-12(19)16-2)14(15)18(17-9)10-5-6-24(21,22)8-10/h3-4,10H,5-8H2,1-2H3,(H,16,19)/b4-3+/t10-/m1/s1. The SMILES string of the molecule is CNC(=O)COC(=O)/C=C/c1c(C)nn([C@@H]2CCS(=O)(=O)C2)c1Cl. The lowest BCUT2D eigenvalue weighted by Gasteiger charge is -2.09. The van der Waals surface area contributed by atoms with Crippen LogP contribution in [0.3, 0.4) is 0 Å². The van der Waals surface area contributed by atoms with E-state index >= 15 is 0 Å². The van der Waals surface area contributed by atoms with Crippen LogP contribution in [0.4, 0.5) is 0 Å². The van der Waals surface area contributed by atoms with Gasteiger partial charge in [-0.15, -0.1) is 0 Å². The summed E-state index contributed by atoms with van der Waals surface area (Å²) in [5, 5.41) is 6.87. The van der Waals surface area contributed by atoms with E-state index in [9.17, 15) is 18.0 Å². The van der Waals surface area contributed by atoms with Crippen molar-refractivity contribution in [2.45, 2.75) is 19.4 Å². The molecule has 1 aromatic heterocycles. The molecule has 2 heterocycles. The molecule has 0 bridgehead atoms. The van der Waals surface area contributed by atoms with E-state index in [-0.39, 0.29) is 29.3 Å². The molecule has 1 aliphatic rings. The molecule has 1 fully saturated rings. The van der Waals surface area contributed by atoms with Gasteiger partial charge in [0.25, 0.3) is 5.91 Å². The summed E-state index contributed by atoms with van der Waals surface area (Å²) in [7, 11) is -1.62. The number of nitrogens with one attached hydrogen (secondary N) is 1. The molecule has 1 aromatic rings. The predicted molar refractivity (Wildman–Crippen MR) is 88.3 cm³/mol. The highest BCUT2D eigenvalue weighted by Crippen LogP contribution is 2.30. The lowest BCUT2D eigenvalue weighted by Crippen LogP contribution is -2.24. The van der Waals surface area contributed by atoms with Gasteiger partial charge < -0.3 is 10.1 Å². The Bertz CT molecular complexity index is 785. The van der Waals surface area contributed by atoms with Gasteiger partial charge >= 0.3 is 5.97 Å². The fourth-order valence-corrected chi connectivity index (χ4v) is 4.41. The molecular weight excluding hydrogens is 358 g/mol. The summed E-state index contributed by atoms with van der Waals surface area (Å²) >= 11 is 6.27. The minimum Gasteiger partial charge on any atom is -0.452 e. The number of amides is 1. The van der Waals surface area contributed by atoms with Gasteiger partial charge in [-0.05, 0) is 19.4 Å². The van der Waals surface area contributed by atoms with E-state index in [1.165, 1.54) is 17.8 Å². The number of hydrogen-bond acceptors (Lipinski definition) is 6. The number of ether oxygens (including phenoxy) is 1. The van der Waals surface area contributed by atoms with Gasteiger partial charge in [-0.25, -0.2) is 17.9 Å². The molecule has 132 valence electrons. The van der Waals surface area contributed by atoms with Crippen molar-refractivity contribution in [2.75, 3.05) is 25.2 Å². The second-order valence-electron chi connectivity index (χ2n) is 5.41. The van der Waals surface area contributed by atoms with Crippen LogP contribution in [-0.2, 0) is 24.2 Å². The van der Waals surface area contributed by atoms with E-state index < -0.39 is 21.7 Å². The number of carbonyl (C=O) groups is 2. The Morgan fingerprint density at radius 2 is 2.21 bits per heavy atom. The van der Waals surface area contributed by atoms with E-state index in [1.54, 1.807) is 6.92 Å². The Balaban J connectivity index is 2.10. The maximum absolute atomic E-state index is 11.6. The molecule has 0 unspecified atom stereocenters. The van der Waals surface area contributed by atoms with E-state index in [4.69, 9.17) is 16.3 Å². The van der Waals surface area contributed by atoms with Crippen molar-refractivity contribution in [2.24, 2.45) is 0 Å². The van der Waals surface area contributed by atoms with Crippen molar-refractivity contribution in [1.82, 2.24) is 15.1 Å². The van der Waals surface area contributed by atoms with Gasteiger partial charge in [0.15, 0.2) is 16.4 Å². The molecule has 2 rings (SSSR count). The van der Waals surface area contributed by atoms with Crippen LogP contribution in [0.1, 0.15) is 23.7 Å². The van der Waals surface area contributed by atoms with Gasteiger partial charge in [0.1, 0.15) is 5.15 Å². The Morgan fingerprint density at radius 1 is 1.50 bits per heavy atom. The summed E-state index contributed by atoms with van der Waals surface area (Å²) in [5.41, 5.74) is 1.08. The van der Waals surface area contributed by atoms with Crippen LogP contribution >= 0.6 is 11.6 Å². The summed E-state index contributed by atoms with van der Waals surface area (Å²) in [5.74, 6) is -0.985. The number of nitrogens with zero attached hydrogens (tertiary/aromatic N) is 2. The number of carbonyl (C=O) groups excluding carboxylic acids is 2. The van der Waals surface area contributed by atoms with Gasteiger partial charge in [0, 0.05) is 18.7 Å². The highest BCUT2D eigenvalue weighted by Gasteiger charge is 2.31. The smallest absolute Gasteiger partial charge is 0.331 e. The summed E-state index contributed by atoms with van der Waals surface area (Å²) in [4.78, 5) is 22.6. The van der Waals surface area contributed by atoms with Crippen LogP contribution in [0.5, 0.6) is 0 Å². The Hall–Kier alpha value is -1.87. The van der Waals surface area contributed by atoms with Crippen LogP contribution in [0, 0.1) is 6.92 Å². The average molecular weight is 376 g/mol. The van der Waals surface area contributed by atoms with Crippen molar-refractivity contribution in [3.63, 3.8) is 0 Å². The molecule has 1 atom stereocenters. The summed E-state index contributed by atoms with van der Waals surface area (Å²) < 4.78 is 29.4. The molecule has 1 aliphatic heterocycles. The van der Waals surface area contributed by atoms with Crippen molar-refractivity contribution in [3.8, 4) is 0 Å². The highest BCUT2D eigenvalue weighted by molar-refractivity contribution is 7.91. The van der Waals surface area contributed by atoms with Crippen LogP contribution < -0.4 is 5.32 Å². The van der Waals surface area contributed by atoms with Crippen LogP contribution in [-0.4, -0.2) is 55.2 Å². The molecule has 1 N–H and O–H groups in total. The molecule has 24 heavy (non-hydrogen) atoms. The predicted octanol–water partition coefficient (Wildman–Crippen LogP) is 0.507. The van der Waals surface area contributed by atoms with E-state index in [0.717, 1.165) is 6.08 Å². The van der Waals surface area contributed by atoms with Crippen molar-refractivity contribution >= 4 is 39.4 Å². The zero-order valence-electron chi connectivity index (χ0n) is 13.3. The second kappa shape index (κ2) is 7.35. The Labute approximate surface area is 144 Å². The van der Waals surface area contributed by atoms with Crippen molar-refractivity contribution < 1.29 is 22.7 Å². The number of hydrogen-bond donors (Lipinski definition) is 1. The number of aryl methyl sites for hydroxylation is 1. The second-order valence-corrected chi connectivity index (χ2v) is 7.99. The Morgan fingerprint density at radius 3 is 2.79 bits per heavy atom. The van der Waals surface area contributed by atoms with E-state index in [0.29, 0.717) is 17.7 Å². The average Bonchev–Trinajstić information content (AvgIpc) is 3.02. The molecule has 10 heteroatoms. The number of aromatic nitrogens is 2. The minimum absolute atomic E-state index is 0.00512. The zero-order valence-corrected chi connectivity index (χ0v) is 14.9. The number of halogens is 1. The largest absolute Gasteiger partial charge is 0.452 e. The first-order chi connectivity index (χ1) is 11.2. The number of rotatable bonds is 5. The van der Waals surface area contributed by atoms with Crippen molar-refractivity contribution in [1.29, 1.82) is 0 Å². The molecule has 0 radical (unpaired) electrons. The fourth-order valence-electron chi connectivity index (χ4n) is 2.34. The zero-order chi connectivity index (χ0) is 17.9. The molecule has 1 amide bonds. The van der Waals surface area contributed by atoms with Crippen LogP contribution in [0.25, 0.3) is 6.08 Å². The third kappa shape index (κ3) is 4.35. The maximum Gasteiger partial charge on any atom is 0.331 e. The number of likely N-dealkylation sites (N-methyl/N-ethyl adjacent to an activating group) is 1. The molecule has 0 saturated carbocycles. The van der Waals surface area contributed by atoms with Gasteiger partial charge in [0.05, 0.1) is 23.2 Å². The molecular formula is C14H18ClN3O5S. The normalized spacial score (nSPS) is 19.5. The molecule has 1 saturated heterocycles. The third-order valence-corrected chi connectivity index (χ3v) is 5.76. The monoisotopic (exact) mass is 375 g/mol. The lowest BCUT2D eigenvalue weighted by atomic mass is 10.2. The fraction of sp³-hybridized carbons (Fsp3) is 0.500. The molecule has 8 nitrogen and oxygen atoms in total. The van der Waals surface area contributed by atoms with Gasteiger partial charge in [-0.3, -0.25) is 4.79 Å². The van der Waals surface area contributed by atoms with Gasteiger partial charge in [-0.2, -0.15) is 5.10 Å². The van der Waals surface area contributed by atoms with E-state index in [2.05, 4.69) is 10.4 Å². The van der Waals surface area contributed by atoms with E-state index in [1.807, 2.05) is 0 Å². The first kappa shape index (κ1) is 18.5. The first-order valence-electron chi connectivity index (χ1n) is 7.24. The first-order valence-corrected chi connectivity index (χ1v) is 9.44. The summed E-state index contributed by atoms with van der Waals surface area (Å²) in [6.07, 6.45) is 3.05. The Kier molecular flexibility index (Phi) is 5.66. The lowest BCUT2D eigenvalue weighted by molar-refractivity contribution is -0.143. The topological polar surface area (TPSA) is 107 Å².